The highest BCUT2D eigenvalue weighted by Gasteiger charge is 2.10. The quantitative estimate of drug-likeness (QED) is 0.797. The topological polar surface area (TPSA) is 71.8 Å². The molecular weight excluding hydrogens is 278 g/mol. The molecule has 0 aliphatic heterocycles. The highest BCUT2D eigenvalue weighted by Crippen LogP contribution is 2.20. The molecule has 0 atom stereocenters. The number of nitrogens with zero attached hydrogens (tertiary/aromatic N) is 3. The maximum absolute atomic E-state index is 12.1. The highest BCUT2D eigenvalue weighted by atomic mass is 35.5. The Morgan fingerprint density at radius 2 is 2.30 bits per heavy atom. The van der Waals surface area contributed by atoms with Crippen molar-refractivity contribution in [2.45, 2.75) is 13.0 Å². The van der Waals surface area contributed by atoms with Gasteiger partial charge in [0.1, 0.15) is 0 Å². The van der Waals surface area contributed by atoms with Crippen molar-refractivity contribution in [3.8, 4) is 0 Å². The minimum Gasteiger partial charge on any atom is -0.387 e. The van der Waals surface area contributed by atoms with Crippen molar-refractivity contribution in [1.82, 2.24) is 20.3 Å². The number of rotatable bonds is 6. The molecule has 7 heteroatoms. The number of carbonyl (C=O) groups is 1. The molecule has 0 radical (unpaired) electrons. The zero-order chi connectivity index (χ0) is 14.4. The van der Waals surface area contributed by atoms with E-state index in [-0.39, 0.29) is 5.91 Å². The number of nitrogens with one attached hydrogen (secondary N) is 2. The summed E-state index contributed by atoms with van der Waals surface area (Å²) in [5.41, 5.74) is 1.30. The monoisotopic (exact) mass is 293 g/mol. The number of aromatic nitrogens is 3. The van der Waals surface area contributed by atoms with E-state index in [1.54, 1.807) is 42.3 Å². The average molecular weight is 294 g/mol. The molecule has 0 aliphatic rings. The van der Waals surface area contributed by atoms with E-state index in [4.69, 9.17) is 11.6 Å². The fraction of sp³-hybridized carbons (Fsp3) is 0.308. The van der Waals surface area contributed by atoms with E-state index in [1.807, 2.05) is 0 Å². The molecule has 2 N–H and O–H groups in total. The van der Waals surface area contributed by atoms with E-state index >= 15 is 0 Å². The van der Waals surface area contributed by atoms with Crippen LogP contribution in [-0.2, 0) is 6.54 Å². The van der Waals surface area contributed by atoms with Crippen LogP contribution < -0.4 is 10.6 Å². The smallest absolute Gasteiger partial charge is 0.253 e. The van der Waals surface area contributed by atoms with E-state index in [1.165, 1.54) is 0 Å². The third-order valence-corrected chi connectivity index (χ3v) is 3.05. The second-order valence-electron chi connectivity index (χ2n) is 4.22. The van der Waals surface area contributed by atoms with Gasteiger partial charge in [0.25, 0.3) is 5.91 Å². The molecule has 0 saturated carbocycles. The Hall–Kier alpha value is -2.08. The van der Waals surface area contributed by atoms with E-state index in [0.29, 0.717) is 23.7 Å². The second kappa shape index (κ2) is 6.91. The molecule has 1 aromatic carbocycles. The molecule has 1 amide bonds. The molecule has 2 rings (SSSR count). The van der Waals surface area contributed by atoms with Gasteiger partial charge in [-0.05, 0) is 24.6 Å². The zero-order valence-electron chi connectivity index (χ0n) is 11.1. The zero-order valence-corrected chi connectivity index (χ0v) is 11.9. The van der Waals surface area contributed by atoms with Crippen LogP contribution in [0.15, 0.2) is 30.6 Å². The summed E-state index contributed by atoms with van der Waals surface area (Å²) >= 11 is 5.92. The SMILES string of the molecule is CNc1ccc(Cl)cc1C(=O)NCCCn1ccnn1. The van der Waals surface area contributed by atoms with Gasteiger partial charge in [-0.3, -0.25) is 9.48 Å². The van der Waals surface area contributed by atoms with Crippen LogP contribution in [0.4, 0.5) is 5.69 Å². The summed E-state index contributed by atoms with van der Waals surface area (Å²) in [4.78, 5) is 12.1. The molecule has 0 bridgehead atoms. The average Bonchev–Trinajstić information content (AvgIpc) is 2.96. The van der Waals surface area contributed by atoms with E-state index in [2.05, 4.69) is 20.9 Å². The normalized spacial score (nSPS) is 10.3. The summed E-state index contributed by atoms with van der Waals surface area (Å²) in [5.74, 6) is -0.143. The van der Waals surface area contributed by atoms with E-state index < -0.39 is 0 Å². The van der Waals surface area contributed by atoms with Gasteiger partial charge in [-0.15, -0.1) is 5.10 Å². The summed E-state index contributed by atoms with van der Waals surface area (Å²) in [5, 5.41) is 14.0. The van der Waals surface area contributed by atoms with Gasteiger partial charge in [0.2, 0.25) is 0 Å². The third-order valence-electron chi connectivity index (χ3n) is 2.82. The van der Waals surface area contributed by atoms with Crippen LogP contribution in [0, 0.1) is 0 Å². The molecule has 6 nitrogen and oxygen atoms in total. The molecule has 20 heavy (non-hydrogen) atoms. The molecule has 0 unspecified atom stereocenters. The van der Waals surface area contributed by atoms with Crippen molar-refractivity contribution in [3.05, 3.63) is 41.2 Å². The van der Waals surface area contributed by atoms with Crippen LogP contribution in [0.5, 0.6) is 0 Å². The number of hydrogen-bond donors (Lipinski definition) is 2. The van der Waals surface area contributed by atoms with Gasteiger partial charge in [-0.1, -0.05) is 16.8 Å². The van der Waals surface area contributed by atoms with Gasteiger partial charge in [-0.25, -0.2) is 0 Å². The molecule has 106 valence electrons. The molecular formula is C13H16ClN5O. The van der Waals surface area contributed by atoms with Crippen LogP contribution in [0.3, 0.4) is 0 Å². The Bertz CT molecular complexity index is 570. The first-order chi connectivity index (χ1) is 9.70. The van der Waals surface area contributed by atoms with Crippen molar-refractivity contribution in [2.75, 3.05) is 18.9 Å². The molecule has 2 aromatic rings. The molecule has 1 heterocycles. The number of benzene rings is 1. The van der Waals surface area contributed by atoms with Gasteiger partial charge < -0.3 is 10.6 Å². The Labute approximate surface area is 122 Å². The molecule has 0 saturated heterocycles. The first-order valence-corrected chi connectivity index (χ1v) is 6.68. The largest absolute Gasteiger partial charge is 0.387 e. The summed E-state index contributed by atoms with van der Waals surface area (Å²) in [6, 6.07) is 5.18. The lowest BCUT2D eigenvalue weighted by atomic mass is 10.1. The van der Waals surface area contributed by atoms with Gasteiger partial charge >= 0.3 is 0 Å². The summed E-state index contributed by atoms with van der Waals surface area (Å²) < 4.78 is 1.73. The van der Waals surface area contributed by atoms with Crippen molar-refractivity contribution in [1.29, 1.82) is 0 Å². The van der Waals surface area contributed by atoms with Gasteiger partial charge in [0, 0.05) is 37.0 Å². The van der Waals surface area contributed by atoms with Gasteiger partial charge in [0.05, 0.1) is 11.8 Å². The lowest BCUT2D eigenvalue weighted by Crippen LogP contribution is -2.26. The minimum absolute atomic E-state index is 0.143. The Morgan fingerprint density at radius 1 is 1.45 bits per heavy atom. The highest BCUT2D eigenvalue weighted by molar-refractivity contribution is 6.31. The van der Waals surface area contributed by atoms with Crippen LogP contribution in [0.25, 0.3) is 0 Å². The van der Waals surface area contributed by atoms with Crippen molar-refractivity contribution in [3.63, 3.8) is 0 Å². The number of halogens is 1. The standard InChI is InChI=1S/C13H16ClN5O/c1-15-12-4-3-10(14)9-11(12)13(20)16-5-2-7-19-8-6-17-18-19/h3-4,6,8-9,15H,2,5,7H2,1H3,(H,16,20). The number of amides is 1. The summed E-state index contributed by atoms with van der Waals surface area (Å²) in [6.45, 7) is 1.28. The van der Waals surface area contributed by atoms with Crippen LogP contribution in [0.1, 0.15) is 16.8 Å². The lowest BCUT2D eigenvalue weighted by Gasteiger charge is -2.10. The van der Waals surface area contributed by atoms with Crippen LogP contribution in [0.2, 0.25) is 5.02 Å². The van der Waals surface area contributed by atoms with Crippen LogP contribution in [-0.4, -0.2) is 34.5 Å². The molecule has 0 aliphatic carbocycles. The minimum atomic E-state index is -0.143. The van der Waals surface area contributed by atoms with Crippen molar-refractivity contribution < 1.29 is 4.79 Å². The fourth-order valence-corrected chi connectivity index (χ4v) is 1.98. The van der Waals surface area contributed by atoms with Crippen molar-refractivity contribution >= 4 is 23.2 Å². The second-order valence-corrected chi connectivity index (χ2v) is 4.65. The maximum Gasteiger partial charge on any atom is 0.253 e. The lowest BCUT2D eigenvalue weighted by molar-refractivity contribution is 0.0953. The predicted molar refractivity (Wildman–Crippen MR) is 78.0 cm³/mol. The fourth-order valence-electron chi connectivity index (χ4n) is 1.81. The van der Waals surface area contributed by atoms with E-state index in [0.717, 1.165) is 12.1 Å². The molecule has 0 spiro atoms. The Balaban J connectivity index is 1.87. The van der Waals surface area contributed by atoms with Crippen LogP contribution >= 0.6 is 11.6 Å². The Morgan fingerprint density at radius 3 is 3.00 bits per heavy atom. The summed E-state index contributed by atoms with van der Waals surface area (Å²) in [7, 11) is 1.77. The van der Waals surface area contributed by atoms with Gasteiger partial charge in [-0.2, -0.15) is 0 Å². The molecule has 0 fully saturated rings. The number of hydrogen-bond acceptors (Lipinski definition) is 4. The van der Waals surface area contributed by atoms with Crippen molar-refractivity contribution in [2.24, 2.45) is 0 Å². The first-order valence-electron chi connectivity index (χ1n) is 6.30. The predicted octanol–water partition coefficient (Wildman–Crippen LogP) is 1.79. The molecule has 1 aromatic heterocycles. The number of anilines is 1. The van der Waals surface area contributed by atoms with E-state index in [9.17, 15) is 4.79 Å². The first kappa shape index (κ1) is 14.3. The number of aryl methyl sites for hydroxylation is 1. The Kier molecular flexibility index (Phi) is 4.95. The summed E-state index contributed by atoms with van der Waals surface area (Å²) in [6.07, 6.45) is 4.20. The third kappa shape index (κ3) is 3.71. The van der Waals surface area contributed by atoms with Gasteiger partial charge in [0.15, 0.2) is 0 Å². The maximum atomic E-state index is 12.1. The number of carbonyl (C=O) groups excluding carboxylic acids is 1.